The number of carbonyl (C=O) groups is 1. The minimum Gasteiger partial charge on any atom is -0.370 e. The normalized spacial score (nSPS) is 12.9. The van der Waals surface area contributed by atoms with E-state index in [-0.39, 0.29) is 17.8 Å². The van der Waals surface area contributed by atoms with Crippen LogP contribution in [0, 0.1) is 5.92 Å². The Kier molecular flexibility index (Phi) is 6.46. The molecule has 0 fully saturated rings. The molecule has 0 aliphatic heterocycles. The average molecular weight is 198 g/mol. The van der Waals surface area contributed by atoms with Crippen molar-refractivity contribution in [2.75, 3.05) is 6.61 Å². The zero-order chi connectivity index (χ0) is 11.1. The molecule has 0 spiro atoms. The maximum absolute atomic E-state index is 11.8. The van der Waals surface area contributed by atoms with Crippen molar-refractivity contribution in [1.82, 2.24) is 0 Å². The lowest BCUT2D eigenvalue weighted by atomic mass is 9.97. The molecule has 0 saturated carbocycles. The Morgan fingerprint density at radius 2 is 1.93 bits per heavy atom. The van der Waals surface area contributed by atoms with Crippen molar-refractivity contribution in [3.8, 4) is 0 Å². The Balaban J connectivity index is 4.22. The van der Waals surface area contributed by atoms with Crippen LogP contribution in [0.1, 0.15) is 40.5 Å². The highest BCUT2D eigenvalue weighted by atomic mass is 16.5. The van der Waals surface area contributed by atoms with Crippen molar-refractivity contribution >= 4 is 5.78 Å². The van der Waals surface area contributed by atoms with Crippen LogP contribution in [0.5, 0.6) is 0 Å². The Morgan fingerprint density at radius 1 is 1.36 bits per heavy atom. The van der Waals surface area contributed by atoms with Crippen molar-refractivity contribution in [3.63, 3.8) is 0 Å². The number of ketones is 1. The van der Waals surface area contributed by atoms with Gasteiger partial charge in [0.15, 0.2) is 5.78 Å². The van der Waals surface area contributed by atoms with Gasteiger partial charge in [-0.3, -0.25) is 4.79 Å². The number of hydrogen-bond donors (Lipinski definition) is 0. The van der Waals surface area contributed by atoms with Gasteiger partial charge in [0, 0.05) is 13.0 Å². The summed E-state index contributed by atoms with van der Waals surface area (Å²) in [7, 11) is 0. The lowest BCUT2D eigenvalue weighted by Crippen LogP contribution is -2.29. The van der Waals surface area contributed by atoms with Gasteiger partial charge in [-0.15, -0.1) is 0 Å². The second-order valence-corrected chi connectivity index (χ2v) is 3.87. The third-order valence-corrected chi connectivity index (χ3v) is 2.19. The molecule has 0 N–H and O–H groups in total. The van der Waals surface area contributed by atoms with E-state index in [0.717, 1.165) is 12.0 Å². The summed E-state index contributed by atoms with van der Waals surface area (Å²) in [6.07, 6.45) is 1.06. The van der Waals surface area contributed by atoms with E-state index in [4.69, 9.17) is 4.74 Å². The number of Topliss-reactive ketones (excluding diaryl/α,β-unsaturated/α-hetero) is 1. The molecule has 1 unspecified atom stereocenters. The Hall–Kier alpha value is -0.630. The highest BCUT2D eigenvalue weighted by molar-refractivity contribution is 5.85. The van der Waals surface area contributed by atoms with E-state index in [0.29, 0.717) is 13.0 Å². The second kappa shape index (κ2) is 6.77. The number of rotatable bonds is 7. The van der Waals surface area contributed by atoms with Gasteiger partial charge in [0.1, 0.15) is 6.10 Å². The maximum Gasteiger partial charge on any atom is 0.165 e. The predicted octanol–water partition coefficient (Wildman–Crippen LogP) is 2.97. The molecule has 82 valence electrons. The minimum absolute atomic E-state index is 0.161. The van der Waals surface area contributed by atoms with Crippen molar-refractivity contribution in [2.45, 2.75) is 46.6 Å². The highest BCUT2D eigenvalue weighted by Gasteiger charge is 2.22. The largest absolute Gasteiger partial charge is 0.370 e. The summed E-state index contributed by atoms with van der Waals surface area (Å²) in [6, 6.07) is 0. The van der Waals surface area contributed by atoms with Gasteiger partial charge in [-0.1, -0.05) is 32.9 Å². The van der Waals surface area contributed by atoms with Crippen LogP contribution < -0.4 is 0 Å². The van der Waals surface area contributed by atoms with Gasteiger partial charge in [-0.2, -0.15) is 0 Å². The molecule has 0 saturated heterocycles. The Morgan fingerprint density at radius 3 is 2.29 bits per heavy atom. The van der Waals surface area contributed by atoms with Crippen molar-refractivity contribution in [3.05, 3.63) is 12.2 Å². The smallest absolute Gasteiger partial charge is 0.165 e. The molecule has 0 aromatic rings. The van der Waals surface area contributed by atoms with Crippen LogP contribution >= 0.6 is 0 Å². The van der Waals surface area contributed by atoms with Crippen LogP contribution in [0.2, 0.25) is 0 Å². The zero-order valence-electron chi connectivity index (χ0n) is 9.80. The van der Waals surface area contributed by atoms with Gasteiger partial charge in [0.05, 0.1) is 0 Å². The van der Waals surface area contributed by atoms with Gasteiger partial charge in [-0.25, -0.2) is 0 Å². The molecule has 2 heteroatoms. The molecule has 14 heavy (non-hydrogen) atoms. The fourth-order valence-corrected chi connectivity index (χ4v) is 1.31. The Bertz CT molecular complexity index is 194. The molecular formula is C12H22O2. The topological polar surface area (TPSA) is 26.3 Å². The predicted molar refractivity (Wildman–Crippen MR) is 59.3 cm³/mol. The molecule has 1 atom stereocenters. The van der Waals surface area contributed by atoms with Gasteiger partial charge in [0.25, 0.3) is 0 Å². The summed E-state index contributed by atoms with van der Waals surface area (Å²) in [4.78, 5) is 11.8. The summed E-state index contributed by atoms with van der Waals surface area (Å²) < 4.78 is 5.42. The third-order valence-electron chi connectivity index (χ3n) is 2.19. The van der Waals surface area contributed by atoms with Gasteiger partial charge < -0.3 is 4.74 Å². The van der Waals surface area contributed by atoms with Crippen LogP contribution in [0.4, 0.5) is 0 Å². The summed E-state index contributed by atoms with van der Waals surface area (Å²) >= 11 is 0. The van der Waals surface area contributed by atoms with Gasteiger partial charge in [0.2, 0.25) is 0 Å². The minimum atomic E-state index is -0.261. The first kappa shape index (κ1) is 13.4. The molecule has 0 heterocycles. The zero-order valence-corrected chi connectivity index (χ0v) is 9.80. The number of carbonyl (C=O) groups excluding carboxylic acids is 1. The first-order valence-electron chi connectivity index (χ1n) is 5.33. The number of allylic oxidation sites excluding steroid dienone is 1. The molecule has 0 aliphatic carbocycles. The van der Waals surface area contributed by atoms with Crippen LogP contribution in [-0.2, 0) is 9.53 Å². The van der Waals surface area contributed by atoms with E-state index in [1.165, 1.54) is 0 Å². The molecular weight excluding hydrogens is 176 g/mol. The van der Waals surface area contributed by atoms with Gasteiger partial charge in [-0.05, 0) is 19.3 Å². The molecule has 0 radical (unpaired) electrons. The summed E-state index contributed by atoms with van der Waals surface area (Å²) in [5.41, 5.74) is 0.986. The molecule has 0 amide bonds. The number of hydrogen-bond acceptors (Lipinski definition) is 2. The summed E-state index contributed by atoms with van der Waals surface area (Å²) in [5, 5.41) is 0. The molecule has 0 aliphatic rings. The van der Waals surface area contributed by atoms with E-state index in [2.05, 4.69) is 6.58 Å². The van der Waals surface area contributed by atoms with E-state index >= 15 is 0 Å². The molecule has 2 nitrogen and oxygen atoms in total. The van der Waals surface area contributed by atoms with E-state index in [1.807, 2.05) is 27.7 Å². The summed E-state index contributed by atoms with van der Waals surface area (Å²) in [6.45, 7) is 12.4. The lowest BCUT2D eigenvalue weighted by molar-refractivity contribution is -0.132. The van der Waals surface area contributed by atoms with Crippen LogP contribution in [0.3, 0.4) is 0 Å². The van der Waals surface area contributed by atoms with Crippen molar-refractivity contribution in [2.24, 2.45) is 5.92 Å². The first-order chi connectivity index (χ1) is 6.52. The second-order valence-electron chi connectivity index (χ2n) is 3.87. The van der Waals surface area contributed by atoms with Crippen molar-refractivity contribution in [1.29, 1.82) is 0 Å². The van der Waals surface area contributed by atoms with E-state index in [1.54, 1.807) is 0 Å². The molecule has 0 aromatic heterocycles. The van der Waals surface area contributed by atoms with Crippen molar-refractivity contribution < 1.29 is 9.53 Å². The highest BCUT2D eigenvalue weighted by Crippen LogP contribution is 2.13. The number of ether oxygens (including phenoxy) is 1. The molecule has 0 rings (SSSR count). The first-order valence-corrected chi connectivity index (χ1v) is 5.33. The standard InChI is InChI=1S/C12H22O2/c1-6-10(5)8-11(13)12(9(3)4)14-7-2/h9,12H,5-8H2,1-4H3. The van der Waals surface area contributed by atoms with Crippen LogP contribution in [0.25, 0.3) is 0 Å². The summed E-state index contributed by atoms with van der Waals surface area (Å²) in [5.74, 6) is 0.404. The van der Waals surface area contributed by atoms with E-state index in [9.17, 15) is 4.79 Å². The molecule has 0 bridgehead atoms. The lowest BCUT2D eigenvalue weighted by Gasteiger charge is -2.19. The quantitative estimate of drug-likeness (QED) is 0.588. The fraction of sp³-hybridized carbons (Fsp3) is 0.750. The third kappa shape index (κ3) is 4.56. The van der Waals surface area contributed by atoms with Crippen LogP contribution in [-0.4, -0.2) is 18.5 Å². The van der Waals surface area contributed by atoms with Crippen LogP contribution in [0.15, 0.2) is 12.2 Å². The maximum atomic E-state index is 11.8. The fourth-order valence-electron chi connectivity index (χ4n) is 1.31. The molecule has 0 aromatic carbocycles. The van der Waals surface area contributed by atoms with Gasteiger partial charge >= 0.3 is 0 Å². The monoisotopic (exact) mass is 198 g/mol. The SMILES string of the molecule is C=C(CC)CC(=O)C(OCC)C(C)C. The average Bonchev–Trinajstić information content (AvgIpc) is 2.13. The Labute approximate surface area is 87.3 Å². The van der Waals surface area contributed by atoms with E-state index < -0.39 is 0 Å².